The Morgan fingerprint density at radius 2 is 2.00 bits per heavy atom. The average molecular weight is 332 g/mol. The van der Waals surface area contributed by atoms with Gasteiger partial charge in [-0.15, -0.1) is 0 Å². The van der Waals surface area contributed by atoms with Crippen molar-refractivity contribution in [3.05, 3.63) is 60.3 Å². The molecule has 2 N–H and O–H groups in total. The molecule has 0 radical (unpaired) electrons. The summed E-state index contributed by atoms with van der Waals surface area (Å²) in [5.74, 6) is -0.0514. The summed E-state index contributed by atoms with van der Waals surface area (Å²) in [5, 5.41) is 7.35. The van der Waals surface area contributed by atoms with Crippen molar-refractivity contribution in [2.24, 2.45) is 0 Å². The summed E-state index contributed by atoms with van der Waals surface area (Å²) in [5.41, 5.74) is 2.93. The van der Waals surface area contributed by atoms with Crippen molar-refractivity contribution in [3.63, 3.8) is 0 Å². The molecule has 1 amide bonds. The number of amides is 1. The first kappa shape index (κ1) is 15.7. The van der Waals surface area contributed by atoms with E-state index in [1.807, 2.05) is 48.5 Å². The van der Waals surface area contributed by atoms with Crippen LogP contribution in [0.1, 0.15) is 23.2 Å². The van der Waals surface area contributed by atoms with Crippen molar-refractivity contribution < 1.29 is 4.79 Å². The molecule has 0 unspecified atom stereocenters. The monoisotopic (exact) mass is 332 g/mol. The minimum Gasteiger partial charge on any atom is -0.348 e. The van der Waals surface area contributed by atoms with Gasteiger partial charge in [-0.05, 0) is 43.7 Å². The van der Waals surface area contributed by atoms with Crippen LogP contribution >= 0.6 is 0 Å². The van der Waals surface area contributed by atoms with E-state index >= 15 is 0 Å². The molecule has 5 nitrogen and oxygen atoms in total. The maximum Gasteiger partial charge on any atom is 0.252 e. The zero-order valence-electron chi connectivity index (χ0n) is 13.9. The number of carbonyl (C=O) groups is 1. The number of piperidine rings is 1. The average Bonchev–Trinajstić information content (AvgIpc) is 2.68. The summed E-state index contributed by atoms with van der Waals surface area (Å²) < 4.78 is 0. The molecule has 1 fully saturated rings. The van der Waals surface area contributed by atoms with Crippen LogP contribution in [0.3, 0.4) is 0 Å². The highest BCUT2D eigenvalue weighted by Crippen LogP contribution is 2.23. The van der Waals surface area contributed by atoms with Crippen molar-refractivity contribution >= 4 is 16.8 Å². The second kappa shape index (κ2) is 6.99. The van der Waals surface area contributed by atoms with E-state index in [0.717, 1.165) is 42.5 Å². The van der Waals surface area contributed by atoms with Gasteiger partial charge in [-0.3, -0.25) is 9.78 Å². The van der Waals surface area contributed by atoms with Gasteiger partial charge in [0.25, 0.3) is 5.91 Å². The molecule has 1 saturated heterocycles. The summed E-state index contributed by atoms with van der Waals surface area (Å²) >= 11 is 0. The molecule has 1 aliphatic rings. The van der Waals surface area contributed by atoms with Gasteiger partial charge in [0.1, 0.15) is 0 Å². The third kappa shape index (κ3) is 3.37. The third-order valence-corrected chi connectivity index (χ3v) is 4.52. The Bertz CT molecular complexity index is 889. The van der Waals surface area contributed by atoms with Crippen molar-refractivity contribution in [1.82, 2.24) is 20.6 Å². The molecule has 2 aromatic heterocycles. The number of nitrogens with zero attached hydrogens (tertiary/aromatic N) is 2. The van der Waals surface area contributed by atoms with Crippen LogP contribution in [0.4, 0.5) is 0 Å². The lowest BCUT2D eigenvalue weighted by Crippen LogP contribution is -2.45. The van der Waals surface area contributed by atoms with Gasteiger partial charge in [-0.2, -0.15) is 0 Å². The fourth-order valence-electron chi connectivity index (χ4n) is 3.25. The van der Waals surface area contributed by atoms with Gasteiger partial charge in [0.2, 0.25) is 0 Å². The fourth-order valence-corrected chi connectivity index (χ4v) is 3.25. The third-order valence-electron chi connectivity index (χ3n) is 4.52. The van der Waals surface area contributed by atoms with E-state index in [9.17, 15) is 4.79 Å². The van der Waals surface area contributed by atoms with Crippen LogP contribution in [-0.2, 0) is 0 Å². The molecule has 1 aromatic carbocycles. The Kier molecular flexibility index (Phi) is 4.39. The Hall–Kier alpha value is -2.79. The maximum absolute atomic E-state index is 12.9. The number of fused-ring (bicyclic) bond motifs is 1. The predicted octanol–water partition coefficient (Wildman–Crippen LogP) is 2.78. The highest BCUT2D eigenvalue weighted by atomic mass is 16.1. The number of benzene rings is 1. The molecule has 0 saturated carbocycles. The van der Waals surface area contributed by atoms with Gasteiger partial charge in [-0.1, -0.05) is 24.3 Å². The zero-order valence-corrected chi connectivity index (χ0v) is 13.9. The van der Waals surface area contributed by atoms with Gasteiger partial charge in [0, 0.05) is 24.2 Å². The first-order valence-electron chi connectivity index (χ1n) is 8.64. The van der Waals surface area contributed by atoms with E-state index in [-0.39, 0.29) is 11.9 Å². The minimum absolute atomic E-state index is 0.0514. The molecule has 126 valence electrons. The maximum atomic E-state index is 12.9. The highest BCUT2D eigenvalue weighted by molar-refractivity contribution is 6.07. The molecular weight excluding hydrogens is 312 g/mol. The number of rotatable bonds is 3. The lowest BCUT2D eigenvalue weighted by molar-refractivity contribution is 0.0932. The molecule has 25 heavy (non-hydrogen) atoms. The molecule has 5 heteroatoms. The normalized spacial score (nSPS) is 17.4. The van der Waals surface area contributed by atoms with Crippen LogP contribution in [-0.4, -0.2) is 35.0 Å². The highest BCUT2D eigenvalue weighted by Gasteiger charge is 2.19. The van der Waals surface area contributed by atoms with E-state index < -0.39 is 0 Å². The van der Waals surface area contributed by atoms with E-state index in [0.29, 0.717) is 11.3 Å². The predicted molar refractivity (Wildman–Crippen MR) is 98.3 cm³/mol. The summed E-state index contributed by atoms with van der Waals surface area (Å²) in [6, 6.07) is 15.5. The van der Waals surface area contributed by atoms with E-state index in [1.54, 1.807) is 6.20 Å². The Morgan fingerprint density at radius 3 is 2.80 bits per heavy atom. The molecule has 0 aliphatic carbocycles. The molecule has 3 heterocycles. The quantitative estimate of drug-likeness (QED) is 0.774. The molecular formula is C20H20N4O. The number of carbonyl (C=O) groups excluding carboxylic acids is 1. The number of nitrogens with one attached hydrogen (secondary N) is 2. The first-order chi connectivity index (χ1) is 12.3. The fraction of sp³-hybridized carbons (Fsp3) is 0.250. The smallest absolute Gasteiger partial charge is 0.252 e. The minimum atomic E-state index is -0.0514. The van der Waals surface area contributed by atoms with Gasteiger partial charge in [0.05, 0.1) is 22.5 Å². The van der Waals surface area contributed by atoms with Crippen LogP contribution in [0.5, 0.6) is 0 Å². The van der Waals surface area contributed by atoms with E-state index in [4.69, 9.17) is 0 Å². The molecule has 0 bridgehead atoms. The van der Waals surface area contributed by atoms with Crippen molar-refractivity contribution in [2.75, 3.05) is 13.1 Å². The standard InChI is InChI=1S/C20H20N4O/c25-20(23-14-6-5-10-21-13-14)16-12-19(18-9-3-4-11-22-18)24-17-8-2-1-7-15(16)17/h1-4,7-9,11-12,14,21H,5-6,10,13H2,(H,23,25)/t14-/m0/s1. The van der Waals surface area contributed by atoms with Crippen molar-refractivity contribution in [1.29, 1.82) is 0 Å². The summed E-state index contributed by atoms with van der Waals surface area (Å²) in [7, 11) is 0. The van der Waals surface area contributed by atoms with E-state index in [1.165, 1.54) is 0 Å². The van der Waals surface area contributed by atoms with Crippen LogP contribution < -0.4 is 10.6 Å². The molecule has 1 aliphatic heterocycles. The lowest BCUT2D eigenvalue weighted by atomic mass is 10.0. The largest absolute Gasteiger partial charge is 0.348 e. The molecule has 0 spiro atoms. The van der Waals surface area contributed by atoms with Crippen LogP contribution in [0.15, 0.2) is 54.7 Å². The van der Waals surface area contributed by atoms with E-state index in [2.05, 4.69) is 20.6 Å². The van der Waals surface area contributed by atoms with Crippen molar-refractivity contribution in [2.45, 2.75) is 18.9 Å². The molecule has 4 rings (SSSR count). The SMILES string of the molecule is O=C(N[C@H]1CCCNC1)c1cc(-c2ccccn2)nc2ccccc12. The number of para-hydroxylation sites is 1. The van der Waals surface area contributed by atoms with Gasteiger partial charge < -0.3 is 10.6 Å². The van der Waals surface area contributed by atoms with Gasteiger partial charge in [0.15, 0.2) is 0 Å². The van der Waals surface area contributed by atoms with Crippen LogP contribution in [0, 0.1) is 0 Å². The summed E-state index contributed by atoms with van der Waals surface area (Å²) in [4.78, 5) is 22.0. The second-order valence-corrected chi connectivity index (χ2v) is 6.30. The Balaban J connectivity index is 1.74. The number of pyridine rings is 2. The van der Waals surface area contributed by atoms with Gasteiger partial charge >= 0.3 is 0 Å². The zero-order chi connectivity index (χ0) is 17.1. The summed E-state index contributed by atoms with van der Waals surface area (Å²) in [6.07, 6.45) is 3.83. The van der Waals surface area contributed by atoms with Crippen LogP contribution in [0.25, 0.3) is 22.3 Å². The number of aromatic nitrogens is 2. The molecule has 1 atom stereocenters. The van der Waals surface area contributed by atoms with Crippen LogP contribution in [0.2, 0.25) is 0 Å². The topological polar surface area (TPSA) is 66.9 Å². The second-order valence-electron chi connectivity index (χ2n) is 6.30. The summed E-state index contributed by atoms with van der Waals surface area (Å²) in [6.45, 7) is 1.84. The number of hydrogen-bond donors (Lipinski definition) is 2. The lowest BCUT2D eigenvalue weighted by Gasteiger charge is -2.24. The van der Waals surface area contributed by atoms with Crippen molar-refractivity contribution in [3.8, 4) is 11.4 Å². The Labute approximate surface area is 146 Å². The number of hydrogen-bond acceptors (Lipinski definition) is 4. The van der Waals surface area contributed by atoms with Gasteiger partial charge in [-0.25, -0.2) is 4.98 Å². The first-order valence-corrected chi connectivity index (χ1v) is 8.64. The molecule has 3 aromatic rings. The Morgan fingerprint density at radius 1 is 1.12 bits per heavy atom.